The van der Waals surface area contributed by atoms with Gasteiger partial charge in [0, 0.05) is 49.3 Å². The van der Waals surface area contributed by atoms with Crippen LogP contribution >= 0.6 is 15.9 Å². The molecule has 0 fully saturated rings. The highest BCUT2D eigenvalue weighted by atomic mass is 79.9. The Labute approximate surface area is 114 Å². The first-order valence-corrected chi connectivity index (χ1v) is 6.19. The van der Waals surface area contributed by atoms with Gasteiger partial charge in [-0.1, -0.05) is 0 Å². The minimum Gasteiger partial charge on any atom is -0.337 e. The van der Waals surface area contributed by atoms with Crippen LogP contribution in [0.4, 0.5) is 0 Å². The zero-order valence-corrected chi connectivity index (χ0v) is 11.8. The number of amides is 1. The summed E-state index contributed by atoms with van der Waals surface area (Å²) in [6.07, 6.45) is 6.86. The zero-order chi connectivity index (χ0) is 13.1. The van der Waals surface area contributed by atoms with E-state index in [1.165, 1.54) is 0 Å². The quantitative estimate of drug-likeness (QED) is 0.869. The number of carbonyl (C=O) groups is 1. The lowest BCUT2D eigenvalue weighted by molar-refractivity contribution is 0.0784. The third kappa shape index (κ3) is 2.95. The van der Waals surface area contributed by atoms with Crippen molar-refractivity contribution in [1.29, 1.82) is 0 Å². The first-order chi connectivity index (χ1) is 8.56. The Hall–Kier alpha value is -1.69. The van der Waals surface area contributed by atoms with Crippen LogP contribution in [0.15, 0.2) is 35.3 Å². The highest BCUT2D eigenvalue weighted by Crippen LogP contribution is 2.12. The molecule has 6 heteroatoms. The van der Waals surface area contributed by atoms with Crippen LogP contribution in [0.25, 0.3) is 0 Å². The lowest BCUT2D eigenvalue weighted by Crippen LogP contribution is -2.26. The van der Waals surface area contributed by atoms with E-state index in [4.69, 9.17) is 0 Å². The normalized spacial score (nSPS) is 10.4. The van der Waals surface area contributed by atoms with E-state index in [9.17, 15) is 4.79 Å². The van der Waals surface area contributed by atoms with Crippen LogP contribution in [0.2, 0.25) is 0 Å². The largest absolute Gasteiger partial charge is 0.337 e. The van der Waals surface area contributed by atoms with E-state index in [0.717, 1.165) is 10.0 Å². The monoisotopic (exact) mass is 308 g/mol. The molecule has 18 heavy (non-hydrogen) atoms. The highest BCUT2D eigenvalue weighted by Gasteiger charge is 2.13. The van der Waals surface area contributed by atoms with Crippen LogP contribution in [0.3, 0.4) is 0 Å². The number of hydrogen-bond acceptors (Lipinski definition) is 3. The molecule has 0 saturated carbocycles. The standard InChI is InChI=1S/C12H13BrN4O/c1-16(7-9-4-15-17(2)8-9)12(18)10-3-11(13)6-14-5-10/h3-6,8H,7H2,1-2H3. The second-order valence-electron chi connectivity index (χ2n) is 4.08. The van der Waals surface area contributed by atoms with Gasteiger partial charge in [-0.05, 0) is 22.0 Å². The molecule has 0 atom stereocenters. The Morgan fingerprint density at radius 2 is 2.22 bits per heavy atom. The Kier molecular flexibility index (Phi) is 3.76. The number of nitrogens with zero attached hydrogens (tertiary/aromatic N) is 4. The van der Waals surface area contributed by atoms with E-state index in [-0.39, 0.29) is 5.91 Å². The molecular formula is C12H13BrN4O. The summed E-state index contributed by atoms with van der Waals surface area (Å²) in [7, 11) is 3.61. The number of hydrogen-bond donors (Lipinski definition) is 0. The first kappa shape index (κ1) is 12.8. The molecule has 0 aliphatic heterocycles. The van der Waals surface area contributed by atoms with Gasteiger partial charge in [0.15, 0.2) is 0 Å². The van der Waals surface area contributed by atoms with Crippen molar-refractivity contribution in [2.75, 3.05) is 7.05 Å². The Bertz CT molecular complexity index is 567. The van der Waals surface area contributed by atoms with Crippen molar-refractivity contribution < 1.29 is 4.79 Å². The lowest BCUT2D eigenvalue weighted by atomic mass is 10.2. The van der Waals surface area contributed by atoms with Gasteiger partial charge in [-0.25, -0.2) is 0 Å². The molecule has 0 saturated heterocycles. The maximum atomic E-state index is 12.1. The molecule has 1 amide bonds. The Morgan fingerprint density at radius 3 is 2.83 bits per heavy atom. The number of halogens is 1. The molecule has 2 aromatic heterocycles. The molecule has 2 aromatic rings. The van der Waals surface area contributed by atoms with Gasteiger partial charge in [0.25, 0.3) is 5.91 Å². The highest BCUT2D eigenvalue weighted by molar-refractivity contribution is 9.10. The molecule has 0 bridgehead atoms. The third-order valence-electron chi connectivity index (χ3n) is 2.48. The van der Waals surface area contributed by atoms with Crippen LogP contribution in [-0.2, 0) is 13.6 Å². The maximum absolute atomic E-state index is 12.1. The van der Waals surface area contributed by atoms with E-state index in [0.29, 0.717) is 12.1 Å². The maximum Gasteiger partial charge on any atom is 0.255 e. The minimum absolute atomic E-state index is 0.0624. The van der Waals surface area contributed by atoms with Crippen LogP contribution in [0, 0.1) is 0 Å². The van der Waals surface area contributed by atoms with Gasteiger partial charge in [-0.3, -0.25) is 14.5 Å². The smallest absolute Gasteiger partial charge is 0.255 e. The summed E-state index contributed by atoms with van der Waals surface area (Å²) in [5, 5.41) is 4.07. The van der Waals surface area contributed by atoms with Crippen molar-refractivity contribution in [3.05, 3.63) is 46.5 Å². The van der Waals surface area contributed by atoms with Crippen molar-refractivity contribution >= 4 is 21.8 Å². The molecule has 0 spiro atoms. The molecule has 0 aliphatic rings. The fraction of sp³-hybridized carbons (Fsp3) is 0.250. The van der Waals surface area contributed by atoms with E-state index in [1.54, 1.807) is 41.3 Å². The summed E-state index contributed by atoms with van der Waals surface area (Å²) < 4.78 is 2.51. The second-order valence-corrected chi connectivity index (χ2v) is 4.99. The van der Waals surface area contributed by atoms with E-state index >= 15 is 0 Å². The van der Waals surface area contributed by atoms with Crippen molar-refractivity contribution in [2.24, 2.45) is 7.05 Å². The van der Waals surface area contributed by atoms with Gasteiger partial charge >= 0.3 is 0 Å². The number of carbonyl (C=O) groups excluding carboxylic acids is 1. The number of aromatic nitrogens is 3. The summed E-state index contributed by atoms with van der Waals surface area (Å²) in [6.45, 7) is 0.527. The SMILES string of the molecule is CN(Cc1cnn(C)c1)C(=O)c1cncc(Br)c1. The zero-order valence-electron chi connectivity index (χ0n) is 10.2. The summed E-state index contributed by atoms with van der Waals surface area (Å²) >= 11 is 3.30. The van der Waals surface area contributed by atoms with Gasteiger partial charge in [0.05, 0.1) is 11.8 Å². The fourth-order valence-electron chi connectivity index (χ4n) is 1.65. The average Bonchev–Trinajstić information content (AvgIpc) is 2.73. The molecule has 0 aliphatic carbocycles. The predicted octanol–water partition coefficient (Wildman–Crippen LogP) is 1.85. The minimum atomic E-state index is -0.0624. The molecule has 0 unspecified atom stereocenters. The molecule has 0 N–H and O–H groups in total. The fourth-order valence-corrected chi connectivity index (χ4v) is 2.01. The van der Waals surface area contributed by atoms with Crippen LogP contribution < -0.4 is 0 Å². The summed E-state index contributed by atoms with van der Waals surface area (Å²) in [4.78, 5) is 17.8. The van der Waals surface area contributed by atoms with E-state index in [1.807, 2.05) is 13.2 Å². The van der Waals surface area contributed by atoms with Crippen molar-refractivity contribution in [3.8, 4) is 0 Å². The van der Waals surface area contributed by atoms with Gasteiger partial charge in [0.1, 0.15) is 0 Å². The van der Waals surface area contributed by atoms with Crippen LogP contribution in [0.1, 0.15) is 15.9 Å². The summed E-state index contributed by atoms with van der Waals surface area (Å²) in [6, 6.07) is 1.76. The molecule has 0 aromatic carbocycles. The molecule has 2 rings (SSSR count). The third-order valence-corrected chi connectivity index (χ3v) is 2.91. The van der Waals surface area contributed by atoms with Crippen molar-refractivity contribution in [2.45, 2.75) is 6.54 Å². The Balaban J connectivity index is 2.09. The molecule has 5 nitrogen and oxygen atoms in total. The summed E-state index contributed by atoms with van der Waals surface area (Å²) in [5.41, 5.74) is 1.56. The Morgan fingerprint density at radius 1 is 1.44 bits per heavy atom. The predicted molar refractivity (Wildman–Crippen MR) is 70.9 cm³/mol. The van der Waals surface area contributed by atoms with Crippen LogP contribution in [-0.4, -0.2) is 32.6 Å². The van der Waals surface area contributed by atoms with Gasteiger partial charge in [-0.15, -0.1) is 0 Å². The molecule has 0 radical (unpaired) electrons. The first-order valence-electron chi connectivity index (χ1n) is 5.40. The van der Waals surface area contributed by atoms with Gasteiger partial charge in [0.2, 0.25) is 0 Å². The summed E-state index contributed by atoms with van der Waals surface area (Å²) in [5.74, 6) is -0.0624. The average molecular weight is 309 g/mol. The number of pyridine rings is 1. The topological polar surface area (TPSA) is 51.0 Å². The van der Waals surface area contributed by atoms with E-state index < -0.39 is 0 Å². The molecular weight excluding hydrogens is 296 g/mol. The molecule has 94 valence electrons. The lowest BCUT2D eigenvalue weighted by Gasteiger charge is -2.16. The van der Waals surface area contributed by atoms with Crippen molar-refractivity contribution in [3.63, 3.8) is 0 Å². The van der Waals surface area contributed by atoms with Crippen LogP contribution in [0.5, 0.6) is 0 Å². The number of aryl methyl sites for hydroxylation is 1. The van der Waals surface area contributed by atoms with Gasteiger partial charge < -0.3 is 4.90 Å². The number of rotatable bonds is 3. The van der Waals surface area contributed by atoms with Crippen molar-refractivity contribution in [1.82, 2.24) is 19.7 Å². The van der Waals surface area contributed by atoms with E-state index in [2.05, 4.69) is 26.0 Å². The molecule has 2 heterocycles. The van der Waals surface area contributed by atoms with Gasteiger partial charge in [-0.2, -0.15) is 5.10 Å². The second kappa shape index (κ2) is 5.30.